The van der Waals surface area contributed by atoms with Crippen molar-refractivity contribution in [2.45, 2.75) is 26.4 Å². The average Bonchev–Trinajstić information content (AvgIpc) is 2.54. The lowest BCUT2D eigenvalue weighted by Crippen LogP contribution is -2.04. The molecule has 0 bridgehead atoms. The topological polar surface area (TPSA) is 35.5 Å². The molecule has 0 N–H and O–H groups in total. The summed E-state index contributed by atoms with van der Waals surface area (Å²) < 4.78 is 36.5. The van der Waals surface area contributed by atoms with Crippen LogP contribution in [0.4, 0.5) is 8.78 Å². The number of rotatable bonds is 6. The molecule has 0 saturated heterocycles. The van der Waals surface area contributed by atoms with Gasteiger partial charge in [0.25, 0.3) is 0 Å². The molecule has 0 saturated carbocycles. The maximum absolute atomic E-state index is 13.5. The Morgan fingerprint density at radius 2 is 1.91 bits per heavy atom. The van der Waals surface area contributed by atoms with Crippen molar-refractivity contribution in [1.29, 1.82) is 0 Å². The zero-order valence-electron chi connectivity index (χ0n) is 13.1. The third-order valence-corrected chi connectivity index (χ3v) is 3.52. The summed E-state index contributed by atoms with van der Waals surface area (Å²) in [5.74, 6) is -1.51. The zero-order valence-corrected chi connectivity index (χ0v) is 13.1. The molecule has 2 rings (SSSR count). The Balaban J connectivity index is 2.00. The van der Waals surface area contributed by atoms with E-state index in [1.165, 1.54) is 7.11 Å². The maximum atomic E-state index is 13.5. The molecule has 0 aliphatic carbocycles. The molecule has 3 nitrogen and oxygen atoms in total. The van der Waals surface area contributed by atoms with Crippen molar-refractivity contribution in [2.24, 2.45) is 0 Å². The van der Waals surface area contributed by atoms with Crippen LogP contribution in [0.2, 0.25) is 0 Å². The number of ether oxygens (including phenoxy) is 2. The molecule has 0 spiro atoms. The minimum absolute atomic E-state index is 0.113. The molecule has 0 atom stereocenters. The molecule has 0 fully saturated rings. The third-order valence-electron chi connectivity index (χ3n) is 3.52. The summed E-state index contributed by atoms with van der Waals surface area (Å²) in [4.78, 5) is 11.2. The molecule has 2 aromatic carbocycles. The summed E-state index contributed by atoms with van der Waals surface area (Å²) in [6.45, 7) is 2.07. The fraction of sp³-hybridized carbons (Fsp3) is 0.278. The van der Waals surface area contributed by atoms with Gasteiger partial charge in [-0.05, 0) is 42.2 Å². The van der Waals surface area contributed by atoms with Crippen molar-refractivity contribution >= 4 is 5.97 Å². The van der Waals surface area contributed by atoms with Crippen LogP contribution in [0.5, 0.6) is 5.75 Å². The van der Waals surface area contributed by atoms with Gasteiger partial charge in [0.05, 0.1) is 7.11 Å². The Bertz CT molecular complexity index is 699. The van der Waals surface area contributed by atoms with Gasteiger partial charge in [0.1, 0.15) is 12.4 Å². The van der Waals surface area contributed by atoms with Crippen molar-refractivity contribution in [2.75, 3.05) is 7.11 Å². The van der Waals surface area contributed by atoms with Gasteiger partial charge >= 0.3 is 5.97 Å². The zero-order chi connectivity index (χ0) is 16.8. The molecule has 0 aliphatic heterocycles. The van der Waals surface area contributed by atoms with E-state index >= 15 is 0 Å². The van der Waals surface area contributed by atoms with E-state index < -0.39 is 11.6 Å². The Labute approximate surface area is 133 Å². The molecule has 0 heterocycles. The van der Waals surface area contributed by atoms with Crippen molar-refractivity contribution in [3.05, 3.63) is 64.7 Å². The fourth-order valence-corrected chi connectivity index (χ4v) is 2.22. The molecule has 122 valence electrons. The quantitative estimate of drug-likeness (QED) is 0.756. The van der Waals surface area contributed by atoms with E-state index in [9.17, 15) is 13.6 Å². The fourth-order valence-electron chi connectivity index (χ4n) is 2.22. The van der Waals surface area contributed by atoms with Crippen molar-refractivity contribution in [1.82, 2.24) is 0 Å². The number of methoxy groups -OCH3 is 1. The van der Waals surface area contributed by atoms with Crippen LogP contribution in [0.3, 0.4) is 0 Å². The molecule has 5 heteroatoms. The molecular formula is C18H18F2O3. The Morgan fingerprint density at radius 1 is 1.13 bits per heavy atom. The predicted molar refractivity (Wildman–Crippen MR) is 82.2 cm³/mol. The first-order valence-electron chi connectivity index (χ1n) is 7.22. The highest BCUT2D eigenvalue weighted by atomic mass is 19.1. The van der Waals surface area contributed by atoms with E-state index in [1.807, 2.05) is 25.1 Å². The summed E-state index contributed by atoms with van der Waals surface area (Å²) in [6, 6.07) is 8.75. The number of halogens is 2. The highest BCUT2D eigenvalue weighted by Crippen LogP contribution is 2.20. The minimum Gasteiger partial charge on any atom is -0.486 e. The minimum atomic E-state index is -0.599. The van der Waals surface area contributed by atoms with Crippen LogP contribution in [0, 0.1) is 18.6 Å². The van der Waals surface area contributed by atoms with Crippen LogP contribution in [0.25, 0.3) is 0 Å². The third kappa shape index (κ3) is 4.77. The van der Waals surface area contributed by atoms with Crippen LogP contribution in [0.15, 0.2) is 36.4 Å². The van der Waals surface area contributed by atoms with E-state index in [0.29, 0.717) is 12.8 Å². The highest BCUT2D eigenvalue weighted by molar-refractivity contribution is 5.69. The lowest BCUT2D eigenvalue weighted by atomic mass is 10.0. The molecule has 0 aliphatic rings. The smallest absolute Gasteiger partial charge is 0.305 e. The average molecular weight is 320 g/mol. The number of carbonyl (C=O) groups is 1. The second-order valence-electron chi connectivity index (χ2n) is 5.20. The van der Waals surface area contributed by atoms with Gasteiger partial charge in [0.15, 0.2) is 11.6 Å². The van der Waals surface area contributed by atoms with E-state index in [-0.39, 0.29) is 18.3 Å². The molecular weight excluding hydrogens is 302 g/mol. The molecule has 0 unspecified atom stereocenters. The summed E-state index contributed by atoms with van der Waals surface area (Å²) in [5, 5.41) is 0. The summed E-state index contributed by atoms with van der Waals surface area (Å²) >= 11 is 0. The van der Waals surface area contributed by atoms with Crippen LogP contribution >= 0.6 is 0 Å². The molecule has 0 amide bonds. The predicted octanol–water partition coefficient (Wildman–Crippen LogP) is 3.96. The SMILES string of the molecule is COC(=O)CCc1ccc(COc2cc(F)ccc2F)cc1C. The summed E-state index contributed by atoms with van der Waals surface area (Å²) in [5.41, 5.74) is 2.89. The molecule has 23 heavy (non-hydrogen) atoms. The van der Waals surface area contributed by atoms with E-state index in [2.05, 4.69) is 4.74 Å². The van der Waals surface area contributed by atoms with Crippen LogP contribution in [0.1, 0.15) is 23.1 Å². The molecule has 0 radical (unpaired) electrons. The number of aryl methyl sites for hydroxylation is 2. The van der Waals surface area contributed by atoms with Gasteiger partial charge in [-0.1, -0.05) is 18.2 Å². The Kier molecular flexibility index (Phi) is 5.68. The lowest BCUT2D eigenvalue weighted by Gasteiger charge is -2.10. The standard InChI is InChI=1S/C18H18F2O3/c1-12-9-13(3-4-14(12)5-8-18(21)22-2)11-23-17-10-15(19)6-7-16(17)20/h3-4,6-7,9-10H,5,8,11H2,1-2H3. The van der Waals surface area contributed by atoms with Crippen molar-refractivity contribution < 1.29 is 23.0 Å². The van der Waals surface area contributed by atoms with E-state index in [4.69, 9.17) is 4.74 Å². The van der Waals surface area contributed by atoms with Gasteiger partial charge in [-0.25, -0.2) is 8.78 Å². The first-order valence-corrected chi connectivity index (χ1v) is 7.22. The number of hydrogen-bond donors (Lipinski definition) is 0. The normalized spacial score (nSPS) is 10.4. The molecule has 0 aromatic heterocycles. The van der Waals surface area contributed by atoms with Gasteiger partial charge in [-0.2, -0.15) is 0 Å². The first-order chi connectivity index (χ1) is 11.0. The summed E-state index contributed by atoms with van der Waals surface area (Å²) in [6.07, 6.45) is 0.917. The van der Waals surface area contributed by atoms with E-state index in [0.717, 1.165) is 34.9 Å². The summed E-state index contributed by atoms with van der Waals surface area (Å²) in [7, 11) is 1.36. The number of benzene rings is 2. The van der Waals surface area contributed by atoms with Gasteiger partial charge in [0.2, 0.25) is 0 Å². The number of esters is 1. The highest BCUT2D eigenvalue weighted by Gasteiger charge is 2.07. The van der Waals surface area contributed by atoms with Crippen LogP contribution in [-0.2, 0) is 22.6 Å². The second kappa shape index (κ2) is 7.72. The Hall–Kier alpha value is -2.43. The van der Waals surface area contributed by atoms with Crippen LogP contribution in [-0.4, -0.2) is 13.1 Å². The van der Waals surface area contributed by atoms with Gasteiger partial charge in [0, 0.05) is 12.5 Å². The lowest BCUT2D eigenvalue weighted by molar-refractivity contribution is -0.140. The van der Waals surface area contributed by atoms with Gasteiger partial charge in [-0.3, -0.25) is 4.79 Å². The Morgan fingerprint density at radius 3 is 2.61 bits per heavy atom. The van der Waals surface area contributed by atoms with Crippen molar-refractivity contribution in [3.63, 3.8) is 0 Å². The largest absolute Gasteiger partial charge is 0.486 e. The number of hydrogen-bond acceptors (Lipinski definition) is 3. The van der Waals surface area contributed by atoms with Gasteiger partial charge in [-0.15, -0.1) is 0 Å². The van der Waals surface area contributed by atoms with Crippen molar-refractivity contribution in [3.8, 4) is 5.75 Å². The monoisotopic (exact) mass is 320 g/mol. The maximum Gasteiger partial charge on any atom is 0.305 e. The van der Waals surface area contributed by atoms with E-state index in [1.54, 1.807) is 0 Å². The first kappa shape index (κ1) is 16.9. The number of carbonyl (C=O) groups excluding carboxylic acids is 1. The second-order valence-corrected chi connectivity index (χ2v) is 5.20. The van der Waals surface area contributed by atoms with Gasteiger partial charge < -0.3 is 9.47 Å². The van der Waals surface area contributed by atoms with Crippen LogP contribution < -0.4 is 4.74 Å². The molecule has 2 aromatic rings.